The highest BCUT2D eigenvalue weighted by molar-refractivity contribution is 6.07. The molecule has 0 saturated heterocycles. The number of rotatable bonds is 3. The lowest BCUT2D eigenvalue weighted by Gasteiger charge is -2.18. The van der Waals surface area contributed by atoms with Crippen molar-refractivity contribution >= 4 is 17.3 Å². The summed E-state index contributed by atoms with van der Waals surface area (Å²) in [4.78, 5) is 24.9. The van der Waals surface area contributed by atoms with Crippen molar-refractivity contribution in [1.29, 1.82) is 0 Å². The van der Waals surface area contributed by atoms with Crippen molar-refractivity contribution in [3.05, 3.63) is 63.2 Å². The van der Waals surface area contributed by atoms with Crippen LogP contribution in [0.15, 0.2) is 36.4 Å². The summed E-state index contributed by atoms with van der Waals surface area (Å²) < 4.78 is 5.26. The molecule has 2 aromatic rings. The number of hydrogen-bond donors (Lipinski definition) is 0. The van der Waals surface area contributed by atoms with E-state index in [1.807, 2.05) is 13.0 Å². The van der Waals surface area contributed by atoms with Crippen molar-refractivity contribution in [2.24, 2.45) is 0 Å². The molecule has 0 atom stereocenters. The third-order valence-electron chi connectivity index (χ3n) is 4.08. The van der Waals surface area contributed by atoms with E-state index in [1.54, 1.807) is 30.2 Å². The van der Waals surface area contributed by atoms with E-state index in [4.69, 9.17) is 4.74 Å². The first-order chi connectivity index (χ1) is 11.0. The molecule has 0 fully saturated rings. The number of nitro benzene ring substituents is 1. The predicted molar refractivity (Wildman–Crippen MR) is 86.2 cm³/mol. The number of aryl methyl sites for hydroxylation is 1. The lowest BCUT2D eigenvalue weighted by atomic mass is 10.1. The third-order valence-corrected chi connectivity index (χ3v) is 4.08. The number of ether oxygens (including phenoxy) is 1. The van der Waals surface area contributed by atoms with Gasteiger partial charge in [-0.2, -0.15) is 0 Å². The van der Waals surface area contributed by atoms with E-state index in [0.717, 1.165) is 11.1 Å². The normalized spacial score (nSPS) is 12.9. The molecule has 1 aliphatic rings. The van der Waals surface area contributed by atoms with Gasteiger partial charge in [-0.1, -0.05) is 12.1 Å². The van der Waals surface area contributed by atoms with Crippen LogP contribution >= 0.6 is 0 Å². The van der Waals surface area contributed by atoms with Crippen LogP contribution in [0.5, 0.6) is 5.75 Å². The quantitative estimate of drug-likeness (QED) is 0.645. The Morgan fingerprint density at radius 2 is 2.04 bits per heavy atom. The van der Waals surface area contributed by atoms with Gasteiger partial charge >= 0.3 is 0 Å². The van der Waals surface area contributed by atoms with Crippen LogP contribution < -0.4 is 9.64 Å². The molecule has 0 N–H and O–H groups in total. The Kier molecular flexibility index (Phi) is 3.73. The molecule has 6 nitrogen and oxygen atoms in total. The summed E-state index contributed by atoms with van der Waals surface area (Å²) >= 11 is 0. The van der Waals surface area contributed by atoms with E-state index in [1.165, 1.54) is 12.1 Å². The van der Waals surface area contributed by atoms with Crippen molar-refractivity contribution in [2.45, 2.75) is 13.3 Å². The van der Waals surface area contributed by atoms with E-state index < -0.39 is 4.92 Å². The number of fused-ring (bicyclic) bond motifs is 1. The topological polar surface area (TPSA) is 72.7 Å². The molecule has 0 aromatic heterocycles. The highest BCUT2D eigenvalue weighted by Crippen LogP contribution is 2.33. The average molecular weight is 312 g/mol. The van der Waals surface area contributed by atoms with Crippen LogP contribution in [0.3, 0.4) is 0 Å². The minimum absolute atomic E-state index is 0.00932. The van der Waals surface area contributed by atoms with Crippen LogP contribution in [0.1, 0.15) is 21.5 Å². The maximum Gasteiger partial charge on any atom is 0.271 e. The minimum atomic E-state index is -0.448. The van der Waals surface area contributed by atoms with Gasteiger partial charge in [0.05, 0.1) is 17.7 Å². The van der Waals surface area contributed by atoms with Gasteiger partial charge in [-0.05, 0) is 36.6 Å². The Morgan fingerprint density at radius 1 is 1.26 bits per heavy atom. The first-order valence-electron chi connectivity index (χ1n) is 7.25. The number of methoxy groups -OCH3 is 1. The molecule has 0 bridgehead atoms. The van der Waals surface area contributed by atoms with Crippen molar-refractivity contribution in [3.8, 4) is 5.75 Å². The van der Waals surface area contributed by atoms with Crippen molar-refractivity contribution in [1.82, 2.24) is 0 Å². The van der Waals surface area contributed by atoms with Crippen LogP contribution in [0, 0.1) is 17.0 Å². The molecular weight excluding hydrogens is 296 g/mol. The molecule has 118 valence electrons. The van der Waals surface area contributed by atoms with E-state index in [-0.39, 0.29) is 11.6 Å². The van der Waals surface area contributed by atoms with Gasteiger partial charge in [0.25, 0.3) is 11.6 Å². The molecule has 6 heteroatoms. The summed E-state index contributed by atoms with van der Waals surface area (Å²) in [6, 6.07) is 9.93. The van der Waals surface area contributed by atoms with Crippen molar-refractivity contribution in [2.75, 3.05) is 18.6 Å². The number of amides is 1. The fourth-order valence-corrected chi connectivity index (χ4v) is 2.80. The van der Waals surface area contributed by atoms with Gasteiger partial charge in [0.1, 0.15) is 5.75 Å². The van der Waals surface area contributed by atoms with E-state index in [9.17, 15) is 14.9 Å². The maximum absolute atomic E-state index is 12.8. The van der Waals surface area contributed by atoms with Gasteiger partial charge in [0.15, 0.2) is 0 Å². The van der Waals surface area contributed by atoms with Gasteiger partial charge in [0, 0.05) is 24.2 Å². The Hall–Kier alpha value is -2.89. The van der Waals surface area contributed by atoms with Crippen molar-refractivity contribution in [3.63, 3.8) is 0 Å². The number of non-ortho nitro benzene ring substituents is 1. The van der Waals surface area contributed by atoms with Gasteiger partial charge < -0.3 is 9.64 Å². The van der Waals surface area contributed by atoms with Crippen LogP contribution in [0.2, 0.25) is 0 Å². The summed E-state index contributed by atoms with van der Waals surface area (Å²) in [5.74, 6) is 0.469. The van der Waals surface area contributed by atoms with Crippen molar-refractivity contribution < 1.29 is 14.5 Å². The number of anilines is 1. The zero-order valence-electron chi connectivity index (χ0n) is 12.9. The number of carbonyl (C=O) groups excluding carboxylic acids is 1. The first-order valence-corrected chi connectivity index (χ1v) is 7.25. The third kappa shape index (κ3) is 2.63. The van der Waals surface area contributed by atoms with Crippen LogP contribution in [-0.2, 0) is 6.42 Å². The summed E-state index contributed by atoms with van der Waals surface area (Å²) in [6.07, 6.45) is 0.696. The Balaban J connectivity index is 1.97. The molecule has 1 aliphatic heterocycles. The smallest absolute Gasteiger partial charge is 0.271 e. The summed E-state index contributed by atoms with van der Waals surface area (Å²) in [5.41, 5.74) is 3.00. The maximum atomic E-state index is 12.8. The van der Waals surface area contributed by atoms with E-state index in [2.05, 4.69) is 0 Å². The van der Waals surface area contributed by atoms with Gasteiger partial charge in [-0.3, -0.25) is 14.9 Å². The average Bonchev–Trinajstić information content (AvgIpc) is 2.97. The number of hydrogen-bond acceptors (Lipinski definition) is 4. The fraction of sp³-hybridized carbons (Fsp3) is 0.235. The van der Waals surface area contributed by atoms with Crippen LogP contribution in [0.4, 0.5) is 11.4 Å². The fourth-order valence-electron chi connectivity index (χ4n) is 2.80. The summed E-state index contributed by atoms with van der Waals surface area (Å²) in [5, 5.41) is 11.0. The zero-order chi connectivity index (χ0) is 16.6. The number of nitro groups is 1. The van der Waals surface area contributed by atoms with Gasteiger partial charge in [0.2, 0.25) is 0 Å². The predicted octanol–water partition coefficient (Wildman–Crippen LogP) is 3.11. The second-order valence-electron chi connectivity index (χ2n) is 5.46. The Morgan fingerprint density at radius 3 is 2.74 bits per heavy atom. The molecule has 2 aromatic carbocycles. The lowest BCUT2D eigenvalue weighted by Crippen LogP contribution is -2.28. The molecule has 3 rings (SSSR count). The largest absolute Gasteiger partial charge is 0.496 e. The monoisotopic (exact) mass is 312 g/mol. The second kappa shape index (κ2) is 5.72. The highest BCUT2D eigenvalue weighted by Gasteiger charge is 2.27. The van der Waals surface area contributed by atoms with Gasteiger partial charge in [-0.25, -0.2) is 0 Å². The lowest BCUT2D eigenvalue weighted by molar-refractivity contribution is -0.384. The molecule has 23 heavy (non-hydrogen) atoms. The molecule has 0 aliphatic carbocycles. The number of benzene rings is 2. The Labute approximate surface area is 133 Å². The first kappa shape index (κ1) is 15.0. The Bertz CT molecular complexity index is 801. The SMILES string of the molecule is COc1cc(C(=O)N2CCc3ccc([N+](=O)[O-])cc32)ccc1C. The molecule has 0 saturated carbocycles. The molecule has 1 amide bonds. The number of carbonyl (C=O) groups is 1. The van der Waals surface area contributed by atoms with Crippen LogP contribution in [-0.4, -0.2) is 24.5 Å². The summed E-state index contributed by atoms with van der Waals surface area (Å²) in [6.45, 7) is 2.42. The molecular formula is C17H16N2O4. The molecule has 0 radical (unpaired) electrons. The zero-order valence-corrected chi connectivity index (χ0v) is 12.9. The highest BCUT2D eigenvalue weighted by atomic mass is 16.6. The minimum Gasteiger partial charge on any atom is -0.496 e. The molecule has 0 unspecified atom stereocenters. The second-order valence-corrected chi connectivity index (χ2v) is 5.46. The standard InChI is InChI=1S/C17H16N2O4/c1-11-3-4-13(9-16(11)23-2)17(20)18-8-7-12-5-6-14(19(21)22)10-15(12)18/h3-6,9-10H,7-8H2,1-2H3. The van der Waals surface area contributed by atoms with Crippen LogP contribution in [0.25, 0.3) is 0 Å². The summed E-state index contributed by atoms with van der Waals surface area (Å²) in [7, 11) is 1.56. The molecule has 0 spiro atoms. The number of nitrogens with zero attached hydrogens (tertiary/aromatic N) is 2. The van der Waals surface area contributed by atoms with E-state index >= 15 is 0 Å². The van der Waals surface area contributed by atoms with E-state index in [0.29, 0.717) is 30.0 Å². The van der Waals surface area contributed by atoms with Gasteiger partial charge in [-0.15, -0.1) is 0 Å². The molecule has 1 heterocycles.